The molecule has 2 rings (SSSR count). The van der Waals surface area contributed by atoms with Crippen LogP contribution in [0.1, 0.15) is 41.5 Å². The molecule has 2 aromatic heterocycles. The van der Waals surface area contributed by atoms with Gasteiger partial charge in [-0.05, 0) is 25.8 Å². The van der Waals surface area contributed by atoms with Crippen LogP contribution < -0.4 is 5.56 Å². The van der Waals surface area contributed by atoms with Gasteiger partial charge in [-0.15, -0.1) is 11.3 Å². The molecule has 0 radical (unpaired) electrons. The number of fused-ring (bicyclic) bond motifs is 1. The summed E-state index contributed by atoms with van der Waals surface area (Å²) in [6.07, 6.45) is 1.73. The molecule has 2 aromatic rings. The number of ether oxygens (including phenoxy) is 2. The number of methoxy groups -OCH3 is 1. The van der Waals surface area contributed by atoms with Crippen LogP contribution >= 0.6 is 11.3 Å². The Bertz CT molecular complexity index is 808. The van der Waals surface area contributed by atoms with E-state index in [2.05, 4.69) is 4.98 Å². The van der Waals surface area contributed by atoms with Crippen LogP contribution in [0, 0.1) is 6.92 Å². The monoisotopic (exact) mass is 338 g/mol. The van der Waals surface area contributed by atoms with Crippen molar-refractivity contribution >= 4 is 33.5 Å². The maximum Gasteiger partial charge on any atom is 0.348 e. The van der Waals surface area contributed by atoms with Gasteiger partial charge < -0.3 is 9.47 Å². The van der Waals surface area contributed by atoms with Gasteiger partial charge in [0.2, 0.25) is 0 Å². The van der Waals surface area contributed by atoms with E-state index in [1.54, 1.807) is 20.8 Å². The molecule has 0 fully saturated rings. The van der Waals surface area contributed by atoms with Gasteiger partial charge in [0.05, 0.1) is 25.4 Å². The van der Waals surface area contributed by atoms with E-state index in [-0.39, 0.29) is 12.2 Å². The summed E-state index contributed by atoms with van der Waals surface area (Å²) in [5, 5.41) is 0.334. The number of thiophene rings is 1. The zero-order chi connectivity index (χ0) is 17.1. The van der Waals surface area contributed by atoms with Gasteiger partial charge in [-0.3, -0.25) is 9.36 Å². The summed E-state index contributed by atoms with van der Waals surface area (Å²) < 4.78 is 11.0. The predicted octanol–water partition coefficient (Wildman–Crippen LogP) is 2.07. The second kappa shape index (κ2) is 6.91. The highest BCUT2D eigenvalue weighted by Crippen LogP contribution is 2.28. The summed E-state index contributed by atoms with van der Waals surface area (Å²) in [7, 11) is 1.28. The van der Waals surface area contributed by atoms with Crippen molar-refractivity contribution in [2.45, 2.75) is 33.2 Å². The maximum atomic E-state index is 12.8. The second-order valence-electron chi connectivity index (χ2n) is 4.86. The molecule has 1 atom stereocenters. The third kappa shape index (κ3) is 2.98. The minimum absolute atomic E-state index is 0.240. The van der Waals surface area contributed by atoms with E-state index < -0.39 is 18.0 Å². The Morgan fingerprint density at radius 1 is 1.39 bits per heavy atom. The molecule has 0 spiro atoms. The molecule has 0 N–H and O–H groups in total. The van der Waals surface area contributed by atoms with Crippen LogP contribution in [0.4, 0.5) is 0 Å². The highest BCUT2D eigenvalue weighted by molar-refractivity contribution is 7.20. The molecule has 124 valence electrons. The molecule has 0 aliphatic carbocycles. The predicted molar refractivity (Wildman–Crippen MR) is 85.9 cm³/mol. The molecule has 0 bridgehead atoms. The van der Waals surface area contributed by atoms with E-state index in [9.17, 15) is 14.4 Å². The Kier molecular flexibility index (Phi) is 5.15. The molecule has 7 nitrogen and oxygen atoms in total. The number of rotatable bonds is 5. The fraction of sp³-hybridized carbons (Fsp3) is 0.467. The number of aromatic nitrogens is 2. The molecule has 0 aliphatic heterocycles. The standard InChI is InChI=1S/C15H18N2O5S/c1-5-9(14(19)22-6-2)17-7-16-12-10(13(17)18)8(3)11(23-12)15(20)21-4/h7,9H,5-6H2,1-4H3/t9-/m1/s1. The van der Waals surface area contributed by atoms with Gasteiger partial charge in [0, 0.05) is 0 Å². The lowest BCUT2D eigenvalue weighted by Gasteiger charge is -2.16. The lowest BCUT2D eigenvalue weighted by Crippen LogP contribution is -2.31. The first-order valence-electron chi connectivity index (χ1n) is 7.21. The average Bonchev–Trinajstić information content (AvgIpc) is 2.87. The number of aryl methyl sites for hydroxylation is 1. The summed E-state index contributed by atoms with van der Waals surface area (Å²) in [6.45, 7) is 5.41. The van der Waals surface area contributed by atoms with Crippen molar-refractivity contribution in [3.63, 3.8) is 0 Å². The zero-order valence-corrected chi connectivity index (χ0v) is 14.2. The third-order valence-electron chi connectivity index (χ3n) is 3.53. The Morgan fingerprint density at radius 3 is 2.65 bits per heavy atom. The minimum atomic E-state index is -0.736. The van der Waals surface area contributed by atoms with Crippen LogP contribution in [0.5, 0.6) is 0 Å². The van der Waals surface area contributed by atoms with Gasteiger partial charge in [0.15, 0.2) is 0 Å². The number of hydrogen-bond donors (Lipinski definition) is 0. The highest BCUT2D eigenvalue weighted by atomic mass is 32.1. The van der Waals surface area contributed by atoms with E-state index in [0.717, 1.165) is 11.3 Å². The van der Waals surface area contributed by atoms with Crippen LogP contribution in [0.3, 0.4) is 0 Å². The lowest BCUT2D eigenvalue weighted by atomic mass is 10.2. The molecule has 0 amide bonds. The molecule has 23 heavy (non-hydrogen) atoms. The van der Waals surface area contributed by atoms with Gasteiger partial charge in [0.25, 0.3) is 5.56 Å². The number of nitrogens with zero attached hydrogens (tertiary/aromatic N) is 2. The van der Waals surface area contributed by atoms with Gasteiger partial charge in [-0.25, -0.2) is 14.6 Å². The Morgan fingerprint density at radius 2 is 2.09 bits per heavy atom. The Hall–Kier alpha value is -2.22. The van der Waals surface area contributed by atoms with E-state index >= 15 is 0 Å². The lowest BCUT2D eigenvalue weighted by molar-refractivity contribution is -0.147. The number of carbonyl (C=O) groups excluding carboxylic acids is 2. The van der Waals surface area contributed by atoms with Gasteiger partial charge in [-0.1, -0.05) is 6.92 Å². The first-order chi connectivity index (χ1) is 11.0. The van der Waals surface area contributed by atoms with E-state index in [1.165, 1.54) is 18.0 Å². The average molecular weight is 338 g/mol. The van der Waals surface area contributed by atoms with Crippen LogP contribution in [-0.4, -0.2) is 35.2 Å². The first kappa shape index (κ1) is 17.1. The summed E-state index contributed by atoms with van der Waals surface area (Å²) >= 11 is 1.10. The SMILES string of the molecule is CCOC(=O)[C@@H](CC)n1cnc2sc(C(=O)OC)c(C)c2c1=O. The maximum absolute atomic E-state index is 12.8. The number of carbonyl (C=O) groups is 2. The Balaban J connectivity index is 2.62. The second-order valence-corrected chi connectivity index (χ2v) is 5.86. The molecular formula is C15H18N2O5S. The minimum Gasteiger partial charge on any atom is -0.465 e. The van der Waals surface area contributed by atoms with Crippen LogP contribution in [0.2, 0.25) is 0 Å². The molecule has 0 saturated carbocycles. The van der Waals surface area contributed by atoms with Gasteiger partial charge in [-0.2, -0.15) is 0 Å². The first-order valence-corrected chi connectivity index (χ1v) is 8.03. The van der Waals surface area contributed by atoms with Crippen LogP contribution in [0.25, 0.3) is 10.2 Å². The van der Waals surface area contributed by atoms with E-state index in [0.29, 0.717) is 27.1 Å². The van der Waals surface area contributed by atoms with Crippen molar-refractivity contribution in [1.29, 1.82) is 0 Å². The molecule has 0 aromatic carbocycles. The van der Waals surface area contributed by atoms with Crippen LogP contribution in [0.15, 0.2) is 11.1 Å². The molecule has 0 saturated heterocycles. The van der Waals surface area contributed by atoms with Crippen LogP contribution in [-0.2, 0) is 14.3 Å². The van der Waals surface area contributed by atoms with Gasteiger partial charge >= 0.3 is 11.9 Å². The molecule has 0 aliphatic rings. The fourth-order valence-electron chi connectivity index (χ4n) is 2.36. The molecule has 8 heteroatoms. The van der Waals surface area contributed by atoms with Crippen molar-refractivity contribution in [3.05, 3.63) is 27.1 Å². The molecular weight excluding hydrogens is 320 g/mol. The number of esters is 2. The smallest absolute Gasteiger partial charge is 0.348 e. The van der Waals surface area contributed by atoms with Crippen molar-refractivity contribution in [3.8, 4) is 0 Å². The summed E-state index contributed by atoms with van der Waals surface area (Å²) in [5.74, 6) is -0.979. The highest BCUT2D eigenvalue weighted by Gasteiger charge is 2.25. The molecule has 0 unspecified atom stereocenters. The molecule has 2 heterocycles. The van der Waals surface area contributed by atoms with E-state index in [4.69, 9.17) is 9.47 Å². The summed E-state index contributed by atoms with van der Waals surface area (Å²) in [6, 6.07) is -0.736. The van der Waals surface area contributed by atoms with Crippen molar-refractivity contribution in [2.24, 2.45) is 0 Å². The van der Waals surface area contributed by atoms with Crippen molar-refractivity contribution < 1.29 is 19.1 Å². The van der Waals surface area contributed by atoms with Gasteiger partial charge in [0.1, 0.15) is 15.7 Å². The summed E-state index contributed by atoms with van der Waals surface area (Å²) in [4.78, 5) is 41.5. The fourth-order valence-corrected chi connectivity index (χ4v) is 3.42. The Labute approximate surface area is 136 Å². The topological polar surface area (TPSA) is 87.5 Å². The third-order valence-corrected chi connectivity index (χ3v) is 4.71. The van der Waals surface area contributed by atoms with Crippen molar-refractivity contribution in [2.75, 3.05) is 13.7 Å². The largest absolute Gasteiger partial charge is 0.465 e. The quantitative estimate of drug-likeness (QED) is 0.776. The zero-order valence-electron chi connectivity index (χ0n) is 13.4. The normalized spacial score (nSPS) is 12.2. The van der Waals surface area contributed by atoms with Crippen molar-refractivity contribution in [1.82, 2.24) is 9.55 Å². The number of hydrogen-bond acceptors (Lipinski definition) is 7. The van der Waals surface area contributed by atoms with E-state index in [1.807, 2.05) is 0 Å². The summed E-state index contributed by atoms with van der Waals surface area (Å²) in [5.41, 5.74) is 0.154.